The number of allylic oxidation sites excluding steroid dienone is 1. The first-order valence-corrected chi connectivity index (χ1v) is 13.5. The van der Waals surface area contributed by atoms with Gasteiger partial charge in [-0.05, 0) is 24.1 Å². The van der Waals surface area contributed by atoms with Crippen molar-refractivity contribution in [1.29, 1.82) is 0 Å². The Labute approximate surface area is 242 Å². The highest BCUT2D eigenvalue weighted by Crippen LogP contribution is 2.34. The standard InChI is InChI=1S/C29H36N4O9/c1-2-6-20-21(41-29-26(38)24(36)25(37)27(42-29)28(39)40)10-9-19(23(20)35)15-30-31-22(34)17-33-13-11-32(12-14-33)16-18-7-4-3-5-8-18/h2-5,7-10,15,24-27,29,35-38H,1,6,11-14,16-17H2,(H,31,34)(H,39,40)/b30-15+/t24-,25-,26+,27-,29+/m0/s1. The SMILES string of the molecule is C=CCc1c(O[C@@H]2O[C@H](C(=O)O)[C@@H](O)[C@H](O)[C@H]2O)ccc(/C=N/NC(=O)CN2CCN(Cc3ccccc3)CC2)c1O. The van der Waals surface area contributed by atoms with E-state index < -0.39 is 36.7 Å². The Balaban J connectivity index is 1.32. The van der Waals surface area contributed by atoms with Gasteiger partial charge in [0.1, 0.15) is 29.8 Å². The molecule has 0 spiro atoms. The minimum atomic E-state index is -1.86. The number of carboxylic acid groups (broad SMARTS) is 1. The summed E-state index contributed by atoms with van der Waals surface area (Å²) in [6, 6.07) is 13.1. The number of rotatable bonds is 11. The summed E-state index contributed by atoms with van der Waals surface area (Å²) in [4.78, 5) is 28.2. The maximum absolute atomic E-state index is 12.5. The van der Waals surface area contributed by atoms with Gasteiger partial charge in [-0.3, -0.25) is 14.6 Å². The number of piperazine rings is 1. The maximum Gasteiger partial charge on any atom is 0.335 e. The molecule has 2 saturated heterocycles. The molecule has 42 heavy (non-hydrogen) atoms. The molecule has 5 atom stereocenters. The Morgan fingerprint density at radius 2 is 1.71 bits per heavy atom. The molecular weight excluding hydrogens is 548 g/mol. The van der Waals surface area contributed by atoms with Crippen LogP contribution in [0.2, 0.25) is 0 Å². The number of nitrogens with one attached hydrogen (secondary N) is 1. The number of hydrogen-bond donors (Lipinski definition) is 6. The summed E-state index contributed by atoms with van der Waals surface area (Å²) in [5, 5.41) is 54.3. The fourth-order valence-corrected chi connectivity index (χ4v) is 4.83. The molecular formula is C29H36N4O9. The van der Waals surface area contributed by atoms with E-state index in [1.54, 1.807) is 0 Å². The summed E-state index contributed by atoms with van der Waals surface area (Å²) in [5.41, 5.74) is 4.19. The quantitative estimate of drug-likeness (QED) is 0.115. The fraction of sp³-hybridized carbons (Fsp3) is 0.414. The van der Waals surface area contributed by atoms with Crippen molar-refractivity contribution >= 4 is 18.1 Å². The smallest absolute Gasteiger partial charge is 0.335 e. The van der Waals surface area contributed by atoms with Gasteiger partial charge in [-0.1, -0.05) is 36.4 Å². The van der Waals surface area contributed by atoms with Gasteiger partial charge in [0.2, 0.25) is 6.29 Å². The number of carbonyl (C=O) groups is 2. The van der Waals surface area contributed by atoms with Crippen LogP contribution in [0, 0.1) is 0 Å². The molecule has 0 radical (unpaired) electrons. The van der Waals surface area contributed by atoms with Crippen LogP contribution in [-0.2, 0) is 27.3 Å². The summed E-state index contributed by atoms with van der Waals surface area (Å²) in [6.07, 6.45) is -6.08. The zero-order chi connectivity index (χ0) is 30.2. The Morgan fingerprint density at radius 1 is 1.02 bits per heavy atom. The minimum Gasteiger partial charge on any atom is -0.507 e. The second-order valence-corrected chi connectivity index (χ2v) is 10.2. The molecule has 2 aromatic carbocycles. The lowest BCUT2D eigenvalue weighted by Crippen LogP contribution is -2.61. The number of aliphatic hydroxyl groups is 3. The van der Waals surface area contributed by atoms with Gasteiger partial charge in [0.05, 0.1) is 12.8 Å². The number of aliphatic hydroxyl groups excluding tert-OH is 3. The first-order chi connectivity index (χ1) is 20.2. The molecule has 0 aromatic heterocycles. The molecule has 226 valence electrons. The zero-order valence-corrected chi connectivity index (χ0v) is 23.0. The van der Waals surface area contributed by atoms with E-state index in [0.29, 0.717) is 0 Å². The number of hydrazone groups is 1. The largest absolute Gasteiger partial charge is 0.507 e. The number of aliphatic carboxylic acids is 1. The highest BCUT2D eigenvalue weighted by atomic mass is 16.7. The highest BCUT2D eigenvalue weighted by molar-refractivity contribution is 5.86. The van der Waals surface area contributed by atoms with Crippen LogP contribution in [0.4, 0.5) is 0 Å². The maximum atomic E-state index is 12.5. The topological polar surface area (TPSA) is 185 Å². The Kier molecular flexibility index (Phi) is 10.6. The lowest BCUT2D eigenvalue weighted by molar-refractivity contribution is -0.271. The van der Waals surface area contributed by atoms with Gasteiger partial charge in [-0.15, -0.1) is 6.58 Å². The lowest BCUT2D eigenvalue weighted by atomic mass is 9.99. The van der Waals surface area contributed by atoms with E-state index in [-0.39, 0.29) is 41.5 Å². The van der Waals surface area contributed by atoms with E-state index in [0.717, 1.165) is 32.7 Å². The molecule has 0 unspecified atom stereocenters. The normalized spacial score (nSPS) is 25.3. The van der Waals surface area contributed by atoms with Crippen LogP contribution in [0.25, 0.3) is 0 Å². The fourth-order valence-electron chi connectivity index (χ4n) is 4.83. The molecule has 0 bridgehead atoms. The molecule has 13 heteroatoms. The molecule has 1 amide bonds. The molecule has 0 aliphatic carbocycles. The number of carboxylic acids is 1. The summed E-state index contributed by atoms with van der Waals surface area (Å²) in [7, 11) is 0. The van der Waals surface area contributed by atoms with Gasteiger partial charge in [-0.25, -0.2) is 10.2 Å². The Morgan fingerprint density at radius 3 is 2.38 bits per heavy atom. The predicted octanol–water partition coefficient (Wildman–Crippen LogP) is -0.340. The third kappa shape index (κ3) is 7.70. The van der Waals surface area contributed by atoms with Crippen molar-refractivity contribution < 1.29 is 44.6 Å². The molecule has 2 fully saturated rings. The van der Waals surface area contributed by atoms with Crippen molar-refractivity contribution in [2.45, 2.75) is 43.7 Å². The number of phenolic OH excluding ortho intramolecular Hbond substituents is 1. The molecule has 2 aliphatic heterocycles. The monoisotopic (exact) mass is 584 g/mol. The molecule has 0 saturated carbocycles. The van der Waals surface area contributed by atoms with E-state index in [2.05, 4.69) is 34.1 Å². The van der Waals surface area contributed by atoms with E-state index in [1.165, 1.54) is 30.0 Å². The van der Waals surface area contributed by atoms with E-state index in [1.807, 2.05) is 23.1 Å². The van der Waals surface area contributed by atoms with Gasteiger partial charge in [-0.2, -0.15) is 5.10 Å². The van der Waals surface area contributed by atoms with Crippen LogP contribution in [0.3, 0.4) is 0 Å². The van der Waals surface area contributed by atoms with Crippen LogP contribution < -0.4 is 10.2 Å². The van der Waals surface area contributed by atoms with Crippen molar-refractivity contribution in [3.05, 3.63) is 71.8 Å². The third-order valence-electron chi connectivity index (χ3n) is 7.15. The number of ether oxygens (including phenoxy) is 2. The van der Waals surface area contributed by atoms with Gasteiger partial charge < -0.3 is 35.0 Å². The molecule has 4 rings (SSSR count). The van der Waals surface area contributed by atoms with Crippen LogP contribution in [0.15, 0.2) is 60.2 Å². The van der Waals surface area contributed by atoms with Gasteiger partial charge in [0.25, 0.3) is 5.91 Å². The van der Waals surface area contributed by atoms with Gasteiger partial charge in [0, 0.05) is 43.9 Å². The molecule has 2 heterocycles. The first-order valence-electron chi connectivity index (χ1n) is 13.5. The average Bonchev–Trinajstić information content (AvgIpc) is 2.97. The highest BCUT2D eigenvalue weighted by Gasteiger charge is 2.48. The Hall–Kier alpha value is -3.85. The zero-order valence-electron chi connectivity index (χ0n) is 23.0. The van der Waals surface area contributed by atoms with E-state index in [4.69, 9.17) is 9.47 Å². The summed E-state index contributed by atoms with van der Waals surface area (Å²) in [5.74, 6) is -2.07. The predicted molar refractivity (Wildman–Crippen MR) is 151 cm³/mol. The van der Waals surface area contributed by atoms with Crippen molar-refractivity contribution in [3.8, 4) is 11.5 Å². The van der Waals surface area contributed by atoms with Crippen LogP contribution >= 0.6 is 0 Å². The molecule has 2 aliphatic rings. The average molecular weight is 585 g/mol. The number of phenols is 1. The van der Waals surface area contributed by atoms with Crippen LogP contribution in [-0.4, -0.2) is 117 Å². The minimum absolute atomic E-state index is 0.0248. The summed E-state index contributed by atoms with van der Waals surface area (Å²) < 4.78 is 10.8. The second-order valence-electron chi connectivity index (χ2n) is 10.2. The third-order valence-corrected chi connectivity index (χ3v) is 7.15. The first kappa shape index (κ1) is 31.1. The van der Waals surface area contributed by atoms with E-state index >= 15 is 0 Å². The van der Waals surface area contributed by atoms with Crippen LogP contribution in [0.5, 0.6) is 11.5 Å². The number of carbonyl (C=O) groups excluding carboxylic acids is 1. The number of hydrogen-bond acceptors (Lipinski definition) is 11. The number of nitrogens with zero attached hydrogens (tertiary/aromatic N) is 3. The molecule has 13 nitrogen and oxygen atoms in total. The van der Waals surface area contributed by atoms with Crippen molar-refractivity contribution in [2.75, 3.05) is 32.7 Å². The van der Waals surface area contributed by atoms with Gasteiger partial charge in [0.15, 0.2) is 6.10 Å². The summed E-state index contributed by atoms with van der Waals surface area (Å²) >= 11 is 0. The van der Waals surface area contributed by atoms with Crippen molar-refractivity contribution in [1.82, 2.24) is 15.2 Å². The van der Waals surface area contributed by atoms with Crippen molar-refractivity contribution in [3.63, 3.8) is 0 Å². The second kappa shape index (κ2) is 14.4. The van der Waals surface area contributed by atoms with Crippen LogP contribution in [0.1, 0.15) is 16.7 Å². The molecule has 2 aromatic rings. The summed E-state index contributed by atoms with van der Waals surface area (Å²) in [6.45, 7) is 7.90. The number of aromatic hydroxyl groups is 1. The van der Waals surface area contributed by atoms with Crippen molar-refractivity contribution in [2.24, 2.45) is 5.10 Å². The number of amides is 1. The van der Waals surface area contributed by atoms with E-state index in [9.17, 15) is 35.1 Å². The lowest BCUT2D eigenvalue weighted by Gasteiger charge is -2.38. The van der Waals surface area contributed by atoms with Gasteiger partial charge >= 0.3 is 5.97 Å². The Bertz CT molecular complexity index is 1270. The number of benzene rings is 2. The molecule has 6 N–H and O–H groups in total.